The molecule has 0 N–H and O–H groups in total. The van der Waals surface area contributed by atoms with Crippen molar-refractivity contribution < 1.29 is 1.43 Å². The van der Waals surface area contributed by atoms with Crippen molar-refractivity contribution in [3.8, 4) is 0 Å². The van der Waals surface area contributed by atoms with Crippen LogP contribution in [-0.4, -0.2) is 29.8 Å². The molecule has 0 spiro atoms. The van der Waals surface area contributed by atoms with Gasteiger partial charge in [-0.2, -0.15) is 0 Å². The molecule has 1 nitrogen and oxygen atoms in total. The zero-order valence-corrected chi connectivity index (χ0v) is 10.3. The van der Waals surface area contributed by atoms with E-state index in [9.17, 15) is 0 Å². The molecular formula is C10H17NSn. The van der Waals surface area contributed by atoms with E-state index in [1.165, 1.54) is 12.8 Å². The van der Waals surface area contributed by atoms with Crippen molar-refractivity contribution in [1.82, 2.24) is 0 Å². The van der Waals surface area contributed by atoms with Gasteiger partial charge in [0.15, 0.2) is 0 Å². The molecule has 0 aliphatic rings. The van der Waals surface area contributed by atoms with E-state index in [2.05, 4.69) is 13.0 Å². The van der Waals surface area contributed by atoms with E-state index in [1.54, 1.807) is 6.08 Å². The third-order valence-electron chi connectivity index (χ3n) is 1.38. The van der Waals surface area contributed by atoms with Crippen molar-refractivity contribution >= 4 is 29.8 Å². The molecule has 0 amide bonds. The van der Waals surface area contributed by atoms with E-state index >= 15 is 0 Å². The fourth-order valence-corrected chi connectivity index (χ4v) is 0.774. The SMILES string of the molecule is [CH2+]CCCC/C=C\CC=C=[N-].[HH].[Sn]. The third-order valence-corrected chi connectivity index (χ3v) is 1.38. The Morgan fingerprint density at radius 1 is 1.33 bits per heavy atom. The average Bonchev–Trinajstić information content (AvgIpc) is 2.03. The summed E-state index contributed by atoms with van der Waals surface area (Å²) in [5.74, 6) is 1.98. The molecule has 0 rings (SSSR count). The van der Waals surface area contributed by atoms with E-state index in [0.717, 1.165) is 19.3 Å². The molecule has 0 saturated heterocycles. The van der Waals surface area contributed by atoms with Gasteiger partial charge in [-0.1, -0.05) is 18.2 Å². The minimum Gasteiger partial charge on any atom is -0.764 e. The van der Waals surface area contributed by atoms with Gasteiger partial charge in [0.25, 0.3) is 0 Å². The summed E-state index contributed by atoms with van der Waals surface area (Å²) in [6, 6.07) is 0. The maximum atomic E-state index is 8.16. The quantitative estimate of drug-likeness (QED) is 0.233. The van der Waals surface area contributed by atoms with Crippen LogP contribution in [0.1, 0.15) is 33.5 Å². The smallest absolute Gasteiger partial charge is 0.0850 e. The van der Waals surface area contributed by atoms with Crippen molar-refractivity contribution in [2.45, 2.75) is 32.1 Å². The molecule has 0 aliphatic heterocycles. The topological polar surface area (TPSA) is 22.3 Å². The van der Waals surface area contributed by atoms with Crippen molar-refractivity contribution in [2.24, 2.45) is 0 Å². The normalized spacial score (nSPS) is 9.00. The number of allylic oxidation sites excluding steroid dienone is 3. The Balaban J connectivity index is -0.000000500. The fourth-order valence-electron chi connectivity index (χ4n) is 0.774. The molecule has 0 heterocycles. The van der Waals surface area contributed by atoms with Crippen LogP contribution in [0.25, 0.3) is 5.41 Å². The van der Waals surface area contributed by atoms with Crippen LogP contribution < -0.4 is 0 Å². The van der Waals surface area contributed by atoms with Gasteiger partial charge >= 0.3 is 0 Å². The molecule has 0 bridgehead atoms. The van der Waals surface area contributed by atoms with Gasteiger partial charge in [-0.25, -0.2) is 0 Å². The van der Waals surface area contributed by atoms with E-state index in [0.29, 0.717) is 0 Å². The van der Waals surface area contributed by atoms with E-state index in [-0.39, 0.29) is 25.3 Å². The second-order valence-corrected chi connectivity index (χ2v) is 2.39. The zero-order chi connectivity index (χ0) is 8.36. The van der Waals surface area contributed by atoms with E-state index in [4.69, 9.17) is 5.41 Å². The number of unbranched alkanes of at least 4 members (excludes halogenated alkanes) is 3. The summed E-state index contributed by atoms with van der Waals surface area (Å²) in [4.78, 5) is 0. The van der Waals surface area contributed by atoms with Crippen molar-refractivity contribution in [3.05, 3.63) is 30.6 Å². The molecule has 0 fully saturated rings. The molecule has 0 unspecified atom stereocenters. The number of hydrogen-bond donors (Lipinski definition) is 0. The Morgan fingerprint density at radius 2 is 2.08 bits per heavy atom. The first-order chi connectivity index (χ1) is 5.41. The summed E-state index contributed by atoms with van der Waals surface area (Å²) in [6.45, 7) is 3.76. The van der Waals surface area contributed by atoms with E-state index in [1.807, 2.05) is 11.9 Å². The van der Waals surface area contributed by atoms with Gasteiger partial charge in [0, 0.05) is 25.3 Å². The van der Waals surface area contributed by atoms with Gasteiger partial charge < -0.3 is 5.41 Å². The molecule has 66 valence electrons. The summed E-state index contributed by atoms with van der Waals surface area (Å²) in [5, 5.41) is 8.16. The maximum absolute atomic E-state index is 8.16. The molecule has 2 heteroatoms. The molecule has 4 radical (unpaired) electrons. The first-order valence-corrected chi connectivity index (χ1v) is 4.07. The molecule has 0 aromatic heterocycles. The standard InChI is InChI=1S/C10H15N.Sn.H2/c1-2-3-4-5-6-7-8-9-10-11;;/h6-7,9H,1-5,8H2;;1H/b7-6-;;. The number of rotatable bonds is 6. The first-order valence-electron chi connectivity index (χ1n) is 4.07. The van der Waals surface area contributed by atoms with Crippen LogP contribution in [0.2, 0.25) is 0 Å². The largest absolute Gasteiger partial charge is 0.764 e. The Bertz CT molecular complexity index is 151. The Labute approximate surface area is 93.9 Å². The molecular weight excluding hydrogens is 253 g/mol. The van der Waals surface area contributed by atoms with Crippen LogP contribution in [0, 0.1) is 6.92 Å². The van der Waals surface area contributed by atoms with Crippen molar-refractivity contribution in [1.29, 1.82) is 0 Å². The molecule has 0 atom stereocenters. The van der Waals surface area contributed by atoms with Crippen molar-refractivity contribution in [2.75, 3.05) is 0 Å². The number of hydrogen-bond acceptors (Lipinski definition) is 0. The van der Waals surface area contributed by atoms with Crippen LogP contribution >= 0.6 is 0 Å². The van der Waals surface area contributed by atoms with Crippen LogP contribution in [0.5, 0.6) is 0 Å². The van der Waals surface area contributed by atoms with Gasteiger partial charge in [-0.3, -0.25) is 5.87 Å². The summed E-state index contributed by atoms with van der Waals surface area (Å²) < 4.78 is 0. The maximum Gasteiger partial charge on any atom is 0.0850 e. The van der Waals surface area contributed by atoms with Crippen molar-refractivity contribution in [3.63, 3.8) is 0 Å². The minimum atomic E-state index is 0. The van der Waals surface area contributed by atoms with Gasteiger partial charge in [0.1, 0.15) is 0 Å². The molecule has 0 aromatic carbocycles. The third kappa shape index (κ3) is 12.5. The molecule has 0 aliphatic carbocycles. The predicted molar refractivity (Wildman–Crippen MR) is 58.4 cm³/mol. The summed E-state index contributed by atoms with van der Waals surface area (Å²) in [6.07, 6.45) is 11.1. The summed E-state index contributed by atoms with van der Waals surface area (Å²) >= 11 is 0. The number of nitrogens with zero attached hydrogens (tertiary/aromatic N) is 1. The second kappa shape index (κ2) is 13.4. The fraction of sp³-hybridized carbons (Fsp3) is 0.500. The van der Waals surface area contributed by atoms with E-state index < -0.39 is 0 Å². The van der Waals surface area contributed by atoms with Crippen LogP contribution in [0.3, 0.4) is 0 Å². The van der Waals surface area contributed by atoms with Crippen LogP contribution in [-0.2, 0) is 0 Å². The predicted octanol–water partition coefficient (Wildman–Crippen LogP) is 2.99. The Hall–Kier alpha value is -0.141. The monoisotopic (exact) mass is 271 g/mol. The second-order valence-electron chi connectivity index (χ2n) is 2.39. The minimum absolute atomic E-state index is 0. The van der Waals surface area contributed by atoms with Gasteiger partial charge in [-0.15, -0.1) is 0 Å². The van der Waals surface area contributed by atoms with Gasteiger partial charge in [0.2, 0.25) is 0 Å². The average molecular weight is 270 g/mol. The molecule has 0 saturated carbocycles. The van der Waals surface area contributed by atoms with Gasteiger partial charge in [0.05, 0.1) is 13.3 Å². The molecule has 12 heavy (non-hydrogen) atoms. The molecule has 0 aromatic rings. The summed E-state index contributed by atoms with van der Waals surface area (Å²) in [7, 11) is 0. The zero-order valence-electron chi connectivity index (χ0n) is 7.42. The van der Waals surface area contributed by atoms with Gasteiger partial charge in [-0.05, 0) is 25.7 Å². The Morgan fingerprint density at radius 3 is 2.67 bits per heavy atom. The van der Waals surface area contributed by atoms with Crippen LogP contribution in [0.4, 0.5) is 0 Å². The van der Waals surface area contributed by atoms with Crippen LogP contribution in [0.15, 0.2) is 18.2 Å². The summed E-state index contributed by atoms with van der Waals surface area (Å²) in [5.41, 5.74) is 0. The Kier molecular flexibility index (Phi) is 16.1. The first kappa shape index (κ1) is 14.4.